The summed E-state index contributed by atoms with van der Waals surface area (Å²) in [5, 5.41) is 0. The first kappa shape index (κ1) is 40.7. The summed E-state index contributed by atoms with van der Waals surface area (Å²) in [5.74, 6) is 0. The molecule has 0 saturated carbocycles. The van der Waals surface area contributed by atoms with Gasteiger partial charge in [-0.25, -0.2) is 0 Å². The van der Waals surface area contributed by atoms with E-state index in [9.17, 15) is 0 Å². The SMILES string of the molecule is CCCCCCc1cc(C2OCCO2)sc1-c1ccc(-c2ccc(-c3s[c]([Sn]([CH2]CCC)([CH2]CCC)[CH2]CCC)cc3CCCCCC)s2)s1. The standard InChI is InChI=1S/C31H37O2S4.3C4H9.Sn/c1-3-5-7-9-11-22-17-20-34-29(22)26-15-13-24(35-26)25-14-16-27(36-25)30-23(12-10-8-6-4-2)21-28(37-30)31-32-18-19-33-31;3*1-3-4-2;/h13-17,21,31H,3-12,18-19H2,1-2H3;3*1,3-4H2,2H3;. The topological polar surface area (TPSA) is 18.5 Å². The molecule has 0 unspecified atom stereocenters. The van der Waals surface area contributed by atoms with Crippen LogP contribution < -0.4 is 2.89 Å². The van der Waals surface area contributed by atoms with E-state index in [0.29, 0.717) is 13.2 Å². The third kappa shape index (κ3) is 10.8. The maximum atomic E-state index is 5.93. The van der Waals surface area contributed by atoms with E-state index >= 15 is 0 Å². The first-order valence-corrected chi connectivity index (χ1v) is 31.0. The van der Waals surface area contributed by atoms with Gasteiger partial charge in [-0.05, 0) is 6.42 Å². The molecule has 1 aliphatic rings. The molecular formula is C43H64O2S4Sn. The van der Waals surface area contributed by atoms with E-state index in [-0.39, 0.29) is 6.29 Å². The summed E-state index contributed by atoms with van der Waals surface area (Å²) in [6, 6.07) is 14.8. The van der Waals surface area contributed by atoms with Crippen LogP contribution in [0, 0.1) is 0 Å². The van der Waals surface area contributed by atoms with Gasteiger partial charge in [0.15, 0.2) is 6.29 Å². The Labute approximate surface area is 325 Å². The van der Waals surface area contributed by atoms with Crippen LogP contribution in [0.5, 0.6) is 0 Å². The Morgan fingerprint density at radius 2 is 0.980 bits per heavy atom. The first-order valence-electron chi connectivity index (χ1n) is 20.2. The van der Waals surface area contributed by atoms with Gasteiger partial charge in [0.2, 0.25) is 0 Å². The van der Waals surface area contributed by atoms with Crippen molar-refractivity contribution in [3.8, 4) is 29.3 Å². The number of rotatable bonds is 24. The summed E-state index contributed by atoms with van der Waals surface area (Å²) in [7, 11) is 0. The molecule has 7 heteroatoms. The normalized spacial score (nSPS) is 14.0. The van der Waals surface area contributed by atoms with Gasteiger partial charge in [0.1, 0.15) is 0 Å². The zero-order valence-electron chi connectivity index (χ0n) is 31.8. The minimum absolute atomic E-state index is 0.191. The van der Waals surface area contributed by atoms with Crippen LogP contribution in [0.4, 0.5) is 0 Å². The molecule has 1 fully saturated rings. The zero-order valence-corrected chi connectivity index (χ0v) is 38.0. The van der Waals surface area contributed by atoms with Crippen LogP contribution in [0.15, 0.2) is 36.4 Å². The zero-order chi connectivity index (χ0) is 35.2. The number of thiophene rings is 4. The Kier molecular flexibility index (Phi) is 17.4. The molecule has 2 nitrogen and oxygen atoms in total. The molecule has 5 rings (SSSR count). The van der Waals surface area contributed by atoms with E-state index in [0.717, 1.165) is 6.42 Å². The fraction of sp³-hybridized carbons (Fsp3) is 0.628. The van der Waals surface area contributed by atoms with Crippen molar-refractivity contribution in [3.63, 3.8) is 0 Å². The Hall–Kier alpha value is -0.481. The number of unbranched alkanes of at least 4 members (excludes halogenated alkanes) is 9. The van der Waals surface area contributed by atoms with Gasteiger partial charge in [0, 0.05) is 0 Å². The van der Waals surface area contributed by atoms with E-state index in [4.69, 9.17) is 9.47 Å². The Morgan fingerprint density at radius 3 is 1.48 bits per heavy atom. The van der Waals surface area contributed by atoms with Gasteiger partial charge in [-0.2, -0.15) is 0 Å². The summed E-state index contributed by atoms with van der Waals surface area (Å²) >= 11 is 5.65. The summed E-state index contributed by atoms with van der Waals surface area (Å²) < 4.78 is 18.4. The molecule has 0 bridgehead atoms. The summed E-state index contributed by atoms with van der Waals surface area (Å²) in [4.78, 5) is 9.99. The molecule has 0 spiro atoms. The van der Waals surface area contributed by atoms with Crippen LogP contribution in [-0.4, -0.2) is 31.6 Å². The minimum atomic E-state index is -2.51. The average molecular weight is 860 g/mol. The predicted octanol–water partition coefficient (Wildman–Crippen LogP) is 15.3. The van der Waals surface area contributed by atoms with Crippen LogP contribution in [0.2, 0.25) is 13.3 Å². The Morgan fingerprint density at radius 1 is 0.520 bits per heavy atom. The van der Waals surface area contributed by atoms with Crippen molar-refractivity contribution in [2.24, 2.45) is 0 Å². The van der Waals surface area contributed by atoms with Crippen LogP contribution in [0.25, 0.3) is 29.3 Å². The van der Waals surface area contributed by atoms with E-state index in [1.807, 2.05) is 36.9 Å². The van der Waals surface area contributed by atoms with Crippen LogP contribution >= 0.6 is 45.3 Å². The Bertz CT molecular complexity index is 1520. The van der Waals surface area contributed by atoms with Gasteiger partial charge in [-0.3, -0.25) is 0 Å². The van der Waals surface area contributed by atoms with E-state index in [1.165, 1.54) is 131 Å². The third-order valence-electron chi connectivity index (χ3n) is 10.5. The number of hydrogen-bond acceptors (Lipinski definition) is 6. The van der Waals surface area contributed by atoms with E-state index in [1.54, 1.807) is 23.8 Å². The molecule has 0 amide bonds. The fourth-order valence-corrected chi connectivity index (χ4v) is 31.5. The molecule has 5 heterocycles. The van der Waals surface area contributed by atoms with Crippen molar-refractivity contribution >= 4 is 66.6 Å². The monoisotopic (exact) mass is 860 g/mol. The Balaban J connectivity index is 1.45. The molecule has 1 aliphatic heterocycles. The molecule has 1 saturated heterocycles. The molecule has 276 valence electrons. The molecular weight excluding hydrogens is 795 g/mol. The molecule has 0 aromatic carbocycles. The van der Waals surface area contributed by atoms with Gasteiger partial charge in [0.25, 0.3) is 0 Å². The fourth-order valence-electron chi connectivity index (χ4n) is 7.53. The first-order chi connectivity index (χ1) is 24.5. The number of ether oxygens (including phenoxy) is 2. The van der Waals surface area contributed by atoms with Gasteiger partial charge in [0.05, 0.1) is 13.2 Å². The van der Waals surface area contributed by atoms with Crippen molar-refractivity contribution < 1.29 is 9.47 Å². The predicted molar refractivity (Wildman–Crippen MR) is 229 cm³/mol. The second kappa shape index (κ2) is 21.4. The molecule has 0 aliphatic carbocycles. The number of hydrogen-bond donors (Lipinski definition) is 0. The maximum absolute atomic E-state index is 5.93. The average Bonchev–Trinajstić information content (AvgIpc) is 3.98. The molecule has 50 heavy (non-hydrogen) atoms. The van der Waals surface area contributed by atoms with Crippen LogP contribution in [0.3, 0.4) is 0 Å². The van der Waals surface area contributed by atoms with Gasteiger partial charge < -0.3 is 9.47 Å². The van der Waals surface area contributed by atoms with E-state index < -0.39 is 18.4 Å². The summed E-state index contributed by atoms with van der Waals surface area (Å²) in [6.45, 7) is 13.2. The van der Waals surface area contributed by atoms with E-state index in [2.05, 4.69) is 82.4 Å². The van der Waals surface area contributed by atoms with Crippen molar-refractivity contribution in [2.75, 3.05) is 13.2 Å². The number of aryl methyl sites for hydroxylation is 2. The summed E-state index contributed by atoms with van der Waals surface area (Å²) in [5.41, 5.74) is 3.14. The van der Waals surface area contributed by atoms with Crippen LogP contribution in [-0.2, 0) is 22.3 Å². The molecule has 0 N–H and O–H groups in total. The van der Waals surface area contributed by atoms with Gasteiger partial charge in [-0.15, -0.1) is 0 Å². The second-order valence-corrected chi connectivity index (χ2v) is 33.0. The van der Waals surface area contributed by atoms with Crippen molar-refractivity contribution in [1.29, 1.82) is 0 Å². The van der Waals surface area contributed by atoms with Gasteiger partial charge in [-0.1, -0.05) is 26.2 Å². The van der Waals surface area contributed by atoms with Gasteiger partial charge >= 0.3 is 266 Å². The summed E-state index contributed by atoms with van der Waals surface area (Å²) in [6.07, 6.45) is 21.0. The van der Waals surface area contributed by atoms with Crippen molar-refractivity contribution in [2.45, 2.75) is 157 Å². The quantitative estimate of drug-likeness (QED) is 0.0516. The third-order valence-corrected chi connectivity index (χ3v) is 33.9. The molecule has 4 aromatic rings. The molecule has 0 atom stereocenters. The second-order valence-electron chi connectivity index (χ2n) is 14.6. The van der Waals surface area contributed by atoms with Crippen molar-refractivity contribution in [1.82, 2.24) is 0 Å². The van der Waals surface area contributed by atoms with Crippen molar-refractivity contribution in [3.05, 3.63) is 52.4 Å². The van der Waals surface area contributed by atoms with Crippen LogP contribution in [0.1, 0.15) is 147 Å². The molecule has 0 radical (unpaired) electrons. The molecule has 4 aromatic heterocycles.